The molecule has 4 nitrogen and oxygen atoms in total. The number of carbonyl (C=O) groups excluding carboxylic acids is 1. The van der Waals surface area contributed by atoms with Crippen molar-refractivity contribution in [1.82, 2.24) is 4.90 Å². The third-order valence-corrected chi connectivity index (χ3v) is 3.71. The van der Waals surface area contributed by atoms with Crippen LogP contribution in [0.3, 0.4) is 0 Å². The molecule has 7 heteroatoms. The first-order valence-electron chi connectivity index (χ1n) is 6.04. The van der Waals surface area contributed by atoms with Gasteiger partial charge >= 0.3 is 5.97 Å². The second-order valence-electron chi connectivity index (χ2n) is 4.75. The zero-order chi connectivity index (χ0) is 14.9. The number of hydrogen-bond donors (Lipinski definition) is 1. The molecule has 0 radical (unpaired) electrons. The van der Waals surface area contributed by atoms with Crippen molar-refractivity contribution in [2.24, 2.45) is 5.92 Å². The van der Waals surface area contributed by atoms with E-state index in [2.05, 4.69) is 15.9 Å². The Hall–Kier alpha value is -1.50. The molecular weight excluding hydrogens is 336 g/mol. The Morgan fingerprint density at radius 1 is 1.35 bits per heavy atom. The molecule has 108 valence electrons. The van der Waals surface area contributed by atoms with E-state index >= 15 is 0 Å². The SMILES string of the molecule is O=C(O)CC1CCN(C(=O)c2c(F)cc(Br)cc2F)C1. The summed E-state index contributed by atoms with van der Waals surface area (Å²) in [6.45, 7) is 0.520. The van der Waals surface area contributed by atoms with E-state index in [1.165, 1.54) is 4.90 Å². The smallest absolute Gasteiger partial charge is 0.303 e. The minimum absolute atomic E-state index is 0.0465. The zero-order valence-electron chi connectivity index (χ0n) is 10.4. The lowest BCUT2D eigenvalue weighted by molar-refractivity contribution is -0.138. The molecule has 1 atom stereocenters. The third kappa shape index (κ3) is 3.15. The van der Waals surface area contributed by atoms with E-state index < -0.39 is 29.1 Å². The summed E-state index contributed by atoms with van der Waals surface area (Å²) in [6.07, 6.45) is 0.479. The maximum Gasteiger partial charge on any atom is 0.303 e. The first kappa shape index (κ1) is 14.9. The number of aliphatic carboxylic acids is 1. The van der Waals surface area contributed by atoms with E-state index in [4.69, 9.17) is 5.11 Å². The normalized spacial score (nSPS) is 18.4. The van der Waals surface area contributed by atoms with Crippen LogP contribution in [0.5, 0.6) is 0 Å². The highest BCUT2D eigenvalue weighted by Gasteiger charge is 2.31. The number of carbonyl (C=O) groups is 2. The van der Waals surface area contributed by atoms with Crippen LogP contribution in [0.4, 0.5) is 8.78 Å². The predicted octanol–water partition coefficient (Wildman–Crippen LogP) is 2.66. The highest BCUT2D eigenvalue weighted by atomic mass is 79.9. The lowest BCUT2D eigenvalue weighted by atomic mass is 10.1. The monoisotopic (exact) mass is 347 g/mol. The summed E-state index contributed by atoms with van der Waals surface area (Å²) in [5.74, 6) is -3.70. The van der Waals surface area contributed by atoms with Crippen molar-refractivity contribution in [2.45, 2.75) is 12.8 Å². The Morgan fingerprint density at radius 2 is 1.95 bits per heavy atom. The van der Waals surface area contributed by atoms with Crippen LogP contribution in [0.25, 0.3) is 0 Å². The summed E-state index contributed by atoms with van der Waals surface area (Å²) < 4.78 is 27.6. The second kappa shape index (κ2) is 5.87. The molecule has 2 rings (SSSR count). The number of hydrogen-bond acceptors (Lipinski definition) is 2. The lowest BCUT2D eigenvalue weighted by Gasteiger charge is -2.17. The Morgan fingerprint density at radius 3 is 2.50 bits per heavy atom. The summed E-state index contributed by atoms with van der Waals surface area (Å²) in [5, 5.41) is 8.71. The van der Waals surface area contributed by atoms with Gasteiger partial charge in [0.1, 0.15) is 17.2 Å². The van der Waals surface area contributed by atoms with Gasteiger partial charge in [-0.1, -0.05) is 15.9 Å². The van der Waals surface area contributed by atoms with Gasteiger partial charge < -0.3 is 10.0 Å². The molecule has 1 saturated heterocycles. The van der Waals surface area contributed by atoms with Gasteiger partial charge in [0, 0.05) is 24.0 Å². The molecule has 1 aliphatic heterocycles. The second-order valence-corrected chi connectivity index (χ2v) is 5.66. The largest absolute Gasteiger partial charge is 0.481 e. The van der Waals surface area contributed by atoms with Crippen molar-refractivity contribution >= 4 is 27.8 Å². The number of rotatable bonds is 3. The van der Waals surface area contributed by atoms with Crippen molar-refractivity contribution in [3.05, 3.63) is 33.8 Å². The highest BCUT2D eigenvalue weighted by molar-refractivity contribution is 9.10. The number of likely N-dealkylation sites (tertiary alicyclic amines) is 1. The van der Waals surface area contributed by atoms with E-state index in [9.17, 15) is 18.4 Å². The summed E-state index contributed by atoms with van der Waals surface area (Å²) >= 11 is 2.95. The van der Waals surface area contributed by atoms with Gasteiger partial charge in [0.25, 0.3) is 5.91 Å². The van der Waals surface area contributed by atoms with E-state index in [0.29, 0.717) is 13.0 Å². The maximum absolute atomic E-state index is 13.7. The molecule has 1 heterocycles. The fraction of sp³-hybridized carbons (Fsp3) is 0.385. The molecule has 20 heavy (non-hydrogen) atoms. The first-order valence-corrected chi connectivity index (χ1v) is 6.83. The third-order valence-electron chi connectivity index (χ3n) is 3.26. The molecular formula is C13H12BrF2NO3. The summed E-state index contributed by atoms with van der Waals surface area (Å²) in [7, 11) is 0. The quantitative estimate of drug-likeness (QED) is 0.914. The van der Waals surface area contributed by atoms with Crippen molar-refractivity contribution in [1.29, 1.82) is 0 Å². The van der Waals surface area contributed by atoms with Crippen LogP contribution in [-0.2, 0) is 4.79 Å². The summed E-state index contributed by atoms with van der Waals surface area (Å²) in [5.41, 5.74) is -0.593. The van der Waals surface area contributed by atoms with Crippen LogP contribution >= 0.6 is 15.9 Å². The standard InChI is InChI=1S/C13H12BrF2NO3/c14-8-4-9(15)12(10(16)5-8)13(20)17-2-1-7(6-17)3-11(18)19/h4-5,7H,1-3,6H2,(H,18,19). The number of carboxylic acids is 1. The summed E-state index contributed by atoms with van der Waals surface area (Å²) in [4.78, 5) is 24.0. The van der Waals surface area contributed by atoms with Crippen molar-refractivity contribution in [3.8, 4) is 0 Å². The van der Waals surface area contributed by atoms with Gasteiger partial charge in [0.15, 0.2) is 0 Å². The van der Waals surface area contributed by atoms with Crippen molar-refractivity contribution in [2.75, 3.05) is 13.1 Å². The molecule has 1 amide bonds. The summed E-state index contributed by atoms with van der Waals surface area (Å²) in [6, 6.07) is 2.06. The van der Waals surface area contributed by atoms with E-state index in [1.807, 2.05) is 0 Å². The molecule has 0 bridgehead atoms. The van der Waals surface area contributed by atoms with E-state index in [0.717, 1.165) is 12.1 Å². The Bertz CT molecular complexity index is 542. The minimum atomic E-state index is -0.940. The Labute approximate surface area is 122 Å². The number of amides is 1. The molecule has 1 fully saturated rings. The average molecular weight is 348 g/mol. The Balaban J connectivity index is 2.15. The van der Waals surface area contributed by atoms with Crippen LogP contribution in [0.15, 0.2) is 16.6 Å². The van der Waals surface area contributed by atoms with Gasteiger partial charge in [0.2, 0.25) is 0 Å². The van der Waals surface area contributed by atoms with Gasteiger partial charge in [-0.15, -0.1) is 0 Å². The van der Waals surface area contributed by atoms with Crippen molar-refractivity contribution < 1.29 is 23.5 Å². The Kier molecular flexibility index (Phi) is 4.37. The number of benzene rings is 1. The number of halogens is 3. The van der Waals surface area contributed by atoms with Gasteiger partial charge in [-0.2, -0.15) is 0 Å². The molecule has 1 aromatic rings. The number of carboxylic acid groups (broad SMARTS) is 1. The average Bonchev–Trinajstić information content (AvgIpc) is 2.74. The predicted molar refractivity (Wildman–Crippen MR) is 70.3 cm³/mol. The topological polar surface area (TPSA) is 57.6 Å². The molecule has 0 spiro atoms. The van der Waals surface area contributed by atoms with Crippen molar-refractivity contribution in [3.63, 3.8) is 0 Å². The van der Waals surface area contributed by atoms with Crippen LogP contribution in [0.1, 0.15) is 23.2 Å². The van der Waals surface area contributed by atoms with Crippen LogP contribution in [-0.4, -0.2) is 35.0 Å². The fourth-order valence-corrected chi connectivity index (χ4v) is 2.74. The molecule has 1 unspecified atom stereocenters. The molecule has 1 N–H and O–H groups in total. The fourth-order valence-electron chi connectivity index (χ4n) is 2.34. The van der Waals surface area contributed by atoms with Crippen LogP contribution < -0.4 is 0 Å². The minimum Gasteiger partial charge on any atom is -0.481 e. The van der Waals surface area contributed by atoms with Gasteiger partial charge in [0.05, 0.1) is 0 Å². The van der Waals surface area contributed by atoms with Crippen LogP contribution in [0.2, 0.25) is 0 Å². The molecule has 1 aromatic carbocycles. The molecule has 0 aromatic heterocycles. The van der Waals surface area contributed by atoms with E-state index in [-0.39, 0.29) is 23.4 Å². The highest BCUT2D eigenvalue weighted by Crippen LogP contribution is 2.25. The molecule has 1 aliphatic rings. The number of nitrogens with zero attached hydrogens (tertiary/aromatic N) is 1. The van der Waals surface area contributed by atoms with Gasteiger partial charge in [-0.3, -0.25) is 9.59 Å². The molecule has 0 saturated carbocycles. The maximum atomic E-state index is 13.7. The zero-order valence-corrected chi connectivity index (χ0v) is 12.0. The van der Waals surface area contributed by atoms with Gasteiger partial charge in [-0.25, -0.2) is 8.78 Å². The lowest BCUT2D eigenvalue weighted by Crippen LogP contribution is -2.30. The van der Waals surface area contributed by atoms with Gasteiger partial charge in [-0.05, 0) is 24.5 Å². The molecule has 0 aliphatic carbocycles. The van der Waals surface area contributed by atoms with Crippen LogP contribution in [0, 0.1) is 17.6 Å². The van der Waals surface area contributed by atoms with E-state index in [1.54, 1.807) is 0 Å². The first-order chi connectivity index (χ1) is 9.38.